The number of hydrogen-bond acceptors (Lipinski definition) is 8. The maximum absolute atomic E-state index is 9.52. The third-order valence-electron chi connectivity index (χ3n) is 5.92. The summed E-state index contributed by atoms with van der Waals surface area (Å²) in [4.78, 5) is 16.6. The number of aromatic nitrogens is 3. The van der Waals surface area contributed by atoms with Crippen LogP contribution in [0.2, 0.25) is 0 Å². The van der Waals surface area contributed by atoms with Crippen molar-refractivity contribution < 1.29 is 4.74 Å². The Balaban J connectivity index is 1.66. The first-order valence-corrected chi connectivity index (χ1v) is 11.0. The number of hydrogen-bond donors (Lipinski definition) is 4. The quantitative estimate of drug-likeness (QED) is 0.384. The Bertz CT molecular complexity index is 1230. The van der Waals surface area contributed by atoms with Crippen molar-refractivity contribution in [1.29, 1.82) is 5.26 Å². The molecular weight excluding hydrogens is 416 g/mol. The number of methoxy groups -OCH3 is 1. The van der Waals surface area contributed by atoms with Gasteiger partial charge in [-0.15, -0.1) is 0 Å². The molecule has 1 saturated carbocycles. The monoisotopic (exact) mass is 444 g/mol. The molecule has 0 spiro atoms. The summed E-state index contributed by atoms with van der Waals surface area (Å²) in [5, 5.41) is 16.9. The number of nitrogens with one attached hydrogen (secondary N) is 3. The second kappa shape index (κ2) is 10.0. The van der Waals surface area contributed by atoms with Crippen molar-refractivity contribution in [3.63, 3.8) is 0 Å². The van der Waals surface area contributed by atoms with Gasteiger partial charge in [0.15, 0.2) is 0 Å². The molecule has 0 saturated heterocycles. The van der Waals surface area contributed by atoms with Crippen molar-refractivity contribution in [1.82, 2.24) is 15.0 Å². The highest BCUT2D eigenvalue weighted by molar-refractivity contribution is 6.09. The number of nitriles is 1. The number of ether oxygens (including phenoxy) is 1. The van der Waals surface area contributed by atoms with Crippen LogP contribution in [0.3, 0.4) is 0 Å². The minimum absolute atomic E-state index is 0.403. The van der Waals surface area contributed by atoms with Crippen LogP contribution >= 0.6 is 0 Å². The van der Waals surface area contributed by atoms with E-state index in [1.54, 1.807) is 26.4 Å². The molecule has 2 heterocycles. The van der Waals surface area contributed by atoms with Crippen LogP contribution in [0.15, 0.2) is 41.7 Å². The average Bonchev–Trinajstić information content (AvgIpc) is 3.51. The largest absolute Gasteiger partial charge is 0.495 e. The molecule has 9 heteroatoms. The molecule has 0 amide bonds. The number of anilines is 3. The van der Waals surface area contributed by atoms with Gasteiger partial charge in [0, 0.05) is 25.4 Å². The zero-order chi connectivity index (χ0) is 23.2. The number of aromatic amines is 1. The molecule has 0 radical (unpaired) electrons. The summed E-state index contributed by atoms with van der Waals surface area (Å²) in [5.41, 5.74) is 8.98. The predicted octanol–water partition coefficient (Wildman–Crippen LogP) is 4.08. The summed E-state index contributed by atoms with van der Waals surface area (Å²) in [6.07, 6.45) is 9.83. The van der Waals surface area contributed by atoms with Gasteiger partial charge < -0.3 is 26.1 Å². The summed E-state index contributed by atoms with van der Waals surface area (Å²) in [6.45, 7) is 0.827. The molecule has 9 nitrogen and oxygen atoms in total. The molecule has 5 N–H and O–H groups in total. The third kappa shape index (κ3) is 4.75. The van der Waals surface area contributed by atoms with Gasteiger partial charge in [-0.3, -0.25) is 4.99 Å². The number of H-pyrrole nitrogens is 1. The van der Waals surface area contributed by atoms with E-state index in [2.05, 4.69) is 31.7 Å². The summed E-state index contributed by atoms with van der Waals surface area (Å²) >= 11 is 0. The number of aliphatic imine (C=N–C) groups is 1. The molecule has 1 aliphatic rings. The van der Waals surface area contributed by atoms with Crippen molar-refractivity contribution in [2.75, 3.05) is 31.3 Å². The molecule has 1 fully saturated rings. The molecule has 3 aromatic rings. The Kier molecular flexibility index (Phi) is 6.74. The fraction of sp³-hybridized carbons (Fsp3) is 0.333. The maximum Gasteiger partial charge on any atom is 0.231 e. The van der Waals surface area contributed by atoms with Crippen LogP contribution in [0, 0.1) is 17.2 Å². The lowest BCUT2D eigenvalue weighted by molar-refractivity contribution is 0.416. The van der Waals surface area contributed by atoms with Crippen LogP contribution in [0.4, 0.5) is 17.5 Å². The Morgan fingerprint density at radius 2 is 2.18 bits per heavy atom. The van der Waals surface area contributed by atoms with Crippen LogP contribution in [0.5, 0.6) is 5.75 Å². The molecule has 0 atom stereocenters. The van der Waals surface area contributed by atoms with Crippen LogP contribution < -0.4 is 21.1 Å². The molecule has 0 unspecified atom stereocenters. The molecule has 4 rings (SSSR count). The lowest BCUT2D eigenvalue weighted by Gasteiger charge is -2.15. The fourth-order valence-corrected chi connectivity index (χ4v) is 4.23. The van der Waals surface area contributed by atoms with E-state index in [1.807, 2.05) is 18.2 Å². The smallest absolute Gasteiger partial charge is 0.231 e. The van der Waals surface area contributed by atoms with Crippen LogP contribution in [-0.4, -0.2) is 41.4 Å². The third-order valence-corrected chi connectivity index (χ3v) is 5.92. The average molecular weight is 445 g/mol. The lowest BCUT2D eigenvalue weighted by atomic mass is 10.1. The standard InChI is InChI=1S/C24H28N8O/c1-27-18(9-10-25)16-7-8-19(20(11-16)33-2)30-24-31-22(28-13-15-5-3-4-6-15)21-17(12-26)14-29-23(21)32-24/h7-11,14-15H,3-6,13,25H2,1-2H3,(H3,28,29,30,31,32). The first kappa shape index (κ1) is 22.1. The molecule has 170 valence electrons. The van der Waals surface area contributed by atoms with Gasteiger partial charge in [0.25, 0.3) is 0 Å². The van der Waals surface area contributed by atoms with E-state index in [4.69, 9.17) is 15.5 Å². The highest BCUT2D eigenvalue weighted by atomic mass is 16.5. The number of fused-ring (bicyclic) bond motifs is 1. The van der Waals surface area contributed by atoms with Crippen molar-refractivity contribution >= 4 is 34.2 Å². The first-order chi connectivity index (χ1) is 16.2. The highest BCUT2D eigenvalue weighted by Crippen LogP contribution is 2.32. The van der Waals surface area contributed by atoms with Crippen molar-refractivity contribution in [2.45, 2.75) is 25.7 Å². The van der Waals surface area contributed by atoms with Gasteiger partial charge in [0.2, 0.25) is 5.95 Å². The normalized spacial score (nSPS) is 14.6. The van der Waals surface area contributed by atoms with E-state index in [9.17, 15) is 5.26 Å². The van der Waals surface area contributed by atoms with Crippen molar-refractivity contribution in [3.05, 3.63) is 47.8 Å². The van der Waals surface area contributed by atoms with Crippen molar-refractivity contribution in [2.24, 2.45) is 16.6 Å². The molecule has 33 heavy (non-hydrogen) atoms. The Hall–Kier alpha value is -4.06. The zero-order valence-electron chi connectivity index (χ0n) is 18.9. The van der Waals surface area contributed by atoms with Gasteiger partial charge in [-0.2, -0.15) is 15.2 Å². The molecular formula is C24H28N8O. The number of allylic oxidation sites excluding steroid dienone is 1. The van der Waals surface area contributed by atoms with Gasteiger partial charge in [-0.05, 0) is 43.2 Å². The highest BCUT2D eigenvalue weighted by Gasteiger charge is 2.18. The van der Waals surface area contributed by atoms with E-state index >= 15 is 0 Å². The Morgan fingerprint density at radius 1 is 1.36 bits per heavy atom. The first-order valence-electron chi connectivity index (χ1n) is 11.0. The van der Waals surface area contributed by atoms with Gasteiger partial charge in [0.1, 0.15) is 23.3 Å². The lowest BCUT2D eigenvalue weighted by Crippen LogP contribution is -2.13. The molecule has 1 aliphatic carbocycles. The van der Waals surface area contributed by atoms with Gasteiger partial charge >= 0.3 is 0 Å². The zero-order valence-corrected chi connectivity index (χ0v) is 18.9. The Morgan fingerprint density at radius 3 is 2.88 bits per heavy atom. The van der Waals surface area contributed by atoms with Gasteiger partial charge in [0.05, 0.1) is 29.5 Å². The van der Waals surface area contributed by atoms with E-state index in [-0.39, 0.29) is 0 Å². The molecule has 0 aliphatic heterocycles. The van der Waals surface area contributed by atoms with Crippen LogP contribution in [0.1, 0.15) is 36.8 Å². The second-order valence-electron chi connectivity index (χ2n) is 7.97. The number of nitrogens with zero attached hydrogens (tertiary/aromatic N) is 4. The van der Waals surface area contributed by atoms with Gasteiger partial charge in [-0.25, -0.2) is 0 Å². The second-order valence-corrected chi connectivity index (χ2v) is 7.97. The summed E-state index contributed by atoms with van der Waals surface area (Å²) < 4.78 is 5.59. The predicted molar refractivity (Wildman–Crippen MR) is 131 cm³/mol. The van der Waals surface area contributed by atoms with E-state index in [0.29, 0.717) is 45.7 Å². The van der Waals surface area contributed by atoms with E-state index in [1.165, 1.54) is 31.9 Å². The SMILES string of the molecule is CN=C(C=CN)c1ccc(Nc2nc(NCC3CCCC3)c3c(C#N)c[nH]c3n2)c(OC)c1. The van der Waals surface area contributed by atoms with E-state index < -0.39 is 0 Å². The van der Waals surface area contributed by atoms with Crippen molar-refractivity contribution in [3.8, 4) is 11.8 Å². The summed E-state index contributed by atoms with van der Waals surface area (Å²) in [6, 6.07) is 7.91. The van der Waals surface area contributed by atoms with Crippen LogP contribution in [0.25, 0.3) is 11.0 Å². The topological polar surface area (TPSA) is 137 Å². The number of rotatable bonds is 8. The summed E-state index contributed by atoms with van der Waals surface area (Å²) in [5.74, 6) is 2.30. The molecule has 0 bridgehead atoms. The van der Waals surface area contributed by atoms with Crippen LogP contribution in [-0.2, 0) is 0 Å². The molecule has 1 aromatic carbocycles. The minimum atomic E-state index is 0.403. The maximum atomic E-state index is 9.52. The number of benzene rings is 1. The number of nitrogens with two attached hydrogens (primary N) is 1. The molecule has 2 aromatic heterocycles. The Labute approximate surface area is 192 Å². The summed E-state index contributed by atoms with van der Waals surface area (Å²) in [7, 11) is 3.32. The van der Waals surface area contributed by atoms with Gasteiger partial charge in [-0.1, -0.05) is 18.9 Å². The fourth-order valence-electron chi connectivity index (χ4n) is 4.23. The van der Waals surface area contributed by atoms with E-state index in [0.717, 1.165) is 17.8 Å². The minimum Gasteiger partial charge on any atom is -0.495 e.